The summed E-state index contributed by atoms with van der Waals surface area (Å²) in [5.41, 5.74) is 2.77. The Labute approximate surface area is 206 Å². The minimum atomic E-state index is -1.05. The fourth-order valence-corrected chi connectivity index (χ4v) is 5.54. The highest BCUT2D eigenvalue weighted by Gasteiger charge is 2.54. The number of carboxylic acid groups (broad SMARTS) is 2. The number of carbonyl (C=O) groups is 2. The first-order chi connectivity index (χ1) is 17.4. The molecule has 0 aromatic heterocycles. The average molecular weight is 484 g/mol. The van der Waals surface area contributed by atoms with Crippen LogP contribution in [-0.2, 0) is 0 Å². The van der Waals surface area contributed by atoms with E-state index in [-0.39, 0.29) is 23.0 Å². The molecule has 36 heavy (non-hydrogen) atoms. The van der Waals surface area contributed by atoms with Crippen LogP contribution >= 0.6 is 0 Å². The Morgan fingerprint density at radius 2 is 0.833 bits per heavy atom. The molecule has 0 heterocycles. The largest absolute Gasteiger partial charge is 0.478 e. The molecule has 5 rings (SSSR count). The lowest BCUT2D eigenvalue weighted by Crippen LogP contribution is -2.41. The fourth-order valence-electron chi connectivity index (χ4n) is 5.54. The lowest BCUT2D eigenvalue weighted by molar-refractivity contribution is 0.0686. The van der Waals surface area contributed by atoms with Gasteiger partial charge in [0.05, 0.1) is 11.1 Å². The summed E-state index contributed by atoms with van der Waals surface area (Å²) in [7, 11) is 0. The summed E-state index contributed by atoms with van der Waals surface area (Å²) in [6.07, 6.45) is 0. The van der Waals surface area contributed by atoms with Crippen LogP contribution in [-0.4, -0.2) is 22.2 Å². The van der Waals surface area contributed by atoms with E-state index >= 15 is 8.78 Å². The van der Waals surface area contributed by atoms with E-state index in [2.05, 4.69) is 0 Å². The van der Waals surface area contributed by atoms with Crippen molar-refractivity contribution in [1.29, 1.82) is 0 Å². The standard InChI is InChI=1S/C30H22F2O4/c31-23-7-3-1-5-21(23)27-25(17-9-13-19(14-10-17)29(33)34)26(18-11-15-20(16-12-18)30(35)36)28(27)22-6-2-4-8-24(22)32/h1-16,25-28H,(H,33,34)(H,35,36)/t25-,26?,27?,28?/m1/s1. The summed E-state index contributed by atoms with van der Waals surface area (Å²) in [5, 5.41) is 18.7. The Balaban J connectivity index is 1.70. The van der Waals surface area contributed by atoms with Crippen molar-refractivity contribution in [2.24, 2.45) is 0 Å². The van der Waals surface area contributed by atoms with Crippen molar-refractivity contribution in [3.05, 3.63) is 142 Å². The number of rotatable bonds is 6. The fraction of sp³-hybridized carbons (Fsp3) is 0.133. The van der Waals surface area contributed by atoms with Gasteiger partial charge in [0, 0.05) is 11.8 Å². The smallest absolute Gasteiger partial charge is 0.335 e. The van der Waals surface area contributed by atoms with Gasteiger partial charge >= 0.3 is 11.9 Å². The van der Waals surface area contributed by atoms with E-state index in [0.717, 1.165) is 11.1 Å². The highest BCUT2D eigenvalue weighted by Crippen LogP contribution is 2.67. The van der Waals surface area contributed by atoms with Crippen molar-refractivity contribution in [2.75, 3.05) is 0 Å². The molecule has 4 atom stereocenters. The van der Waals surface area contributed by atoms with Crippen LogP contribution in [0.25, 0.3) is 0 Å². The first-order valence-electron chi connectivity index (χ1n) is 11.5. The molecule has 0 radical (unpaired) electrons. The quantitative estimate of drug-likeness (QED) is 0.315. The van der Waals surface area contributed by atoms with E-state index in [1.807, 2.05) is 0 Å². The normalized spacial score (nSPS) is 20.9. The van der Waals surface area contributed by atoms with Crippen molar-refractivity contribution in [1.82, 2.24) is 0 Å². The molecule has 4 nitrogen and oxygen atoms in total. The Hall–Kier alpha value is -4.32. The molecule has 0 spiro atoms. The third kappa shape index (κ3) is 4.05. The molecule has 0 bridgehead atoms. The number of carboxylic acids is 2. The van der Waals surface area contributed by atoms with Gasteiger partial charge in [-0.1, -0.05) is 60.7 Å². The Kier molecular flexibility index (Phi) is 6.10. The highest BCUT2D eigenvalue weighted by molar-refractivity contribution is 5.88. The minimum absolute atomic E-state index is 0.133. The first kappa shape index (κ1) is 23.4. The van der Waals surface area contributed by atoms with Crippen LogP contribution in [0.3, 0.4) is 0 Å². The van der Waals surface area contributed by atoms with Crippen LogP contribution in [0.2, 0.25) is 0 Å². The maximum atomic E-state index is 15.1. The molecule has 1 aliphatic carbocycles. The summed E-state index contributed by atoms with van der Waals surface area (Å²) in [4.78, 5) is 22.8. The number of hydrogen-bond acceptors (Lipinski definition) is 2. The molecule has 0 saturated heterocycles. The minimum Gasteiger partial charge on any atom is -0.478 e. The van der Waals surface area contributed by atoms with Gasteiger partial charge in [-0.15, -0.1) is 0 Å². The lowest BCUT2D eigenvalue weighted by Gasteiger charge is -2.53. The van der Waals surface area contributed by atoms with Crippen molar-refractivity contribution in [2.45, 2.75) is 23.7 Å². The zero-order chi connectivity index (χ0) is 25.4. The topological polar surface area (TPSA) is 74.6 Å². The average Bonchev–Trinajstić information content (AvgIpc) is 2.86. The Morgan fingerprint density at radius 1 is 0.500 bits per heavy atom. The summed E-state index contributed by atoms with van der Waals surface area (Å²) in [6.45, 7) is 0. The molecule has 4 aromatic carbocycles. The molecule has 4 aromatic rings. The Bertz CT molecular complexity index is 1320. The van der Waals surface area contributed by atoms with Gasteiger partial charge < -0.3 is 10.2 Å². The molecule has 1 aliphatic rings. The molecular weight excluding hydrogens is 462 g/mol. The van der Waals surface area contributed by atoms with Gasteiger partial charge in [-0.05, 0) is 70.5 Å². The second-order valence-corrected chi connectivity index (χ2v) is 9.00. The molecule has 180 valence electrons. The van der Waals surface area contributed by atoms with Crippen molar-refractivity contribution in [3.63, 3.8) is 0 Å². The van der Waals surface area contributed by atoms with E-state index < -0.39 is 35.4 Å². The highest BCUT2D eigenvalue weighted by atomic mass is 19.1. The monoisotopic (exact) mass is 484 g/mol. The summed E-state index contributed by atoms with van der Waals surface area (Å²) < 4.78 is 30.3. The molecule has 3 unspecified atom stereocenters. The van der Waals surface area contributed by atoms with E-state index in [0.29, 0.717) is 11.1 Å². The number of hydrogen-bond donors (Lipinski definition) is 2. The maximum Gasteiger partial charge on any atom is 0.335 e. The summed E-state index contributed by atoms with van der Waals surface area (Å²) in [6, 6.07) is 25.8. The first-order valence-corrected chi connectivity index (χ1v) is 11.5. The second-order valence-electron chi connectivity index (χ2n) is 9.00. The SMILES string of the molecule is O=C(O)c1ccc(C2C(c3ccccc3F)C(c3ccccc3F)[C@@H]2c2ccc(C(=O)O)cc2)cc1. The molecule has 0 amide bonds. The molecule has 0 aliphatic heterocycles. The maximum absolute atomic E-state index is 15.1. The zero-order valence-corrected chi connectivity index (χ0v) is 19.0. The summed E-state index contributed by atoms with van der Waals surface area (Å²) >= 11 is 0. The molecular formula is C30H22F2O4. The summed E-state index contributed by atoms with van der Waals surface area (Å²) in [5.74, 6) is -4.34. The molecule has 1 fully saturated rings. The van der Waals surface area contributed by atoms with Crippen molar-refractivity contribution < 1.29 is 28.6 Å². The molecule has 2 N–H and O–H groups in total. The number of aromatic carboxylic acids is 2. The predicted molar refractivity (Wildman–Crippen MR) is 131 cm³/mol. The van der Waals surface area contributed by atoms with Gasteiger partial charge in [-0.2, -0.15) is 0 Å². The van der Waals surface area contributed by atoms with Gasteiger partial charge in [0.2, 0.25) is 0 Å². The zero-order valence-electron chi connectivity index (χ0n) is 19.0. The van der Waals surface area contributed by atoms with E-state index in [1.165, 1.54) is 36.4 Å². The third-order valence-electron chi connectivity index (χ3n) is 7.16. The van der Waals surface area contributed by atoms with E-state index in [4.69, 9.17) is 0 Å². The Morgan fingerprint density at radius 3 is 1.14 bits per heavy atom. The van der Waals surface area contributed by atoms with Gasteiger partial charge in [-0.3, -0.25) is 0 Å². The van der Waals surface area contributed by atoms with E-state index in [9.17, 15) is 19.8 Å². The van der Waals surface area contributed by atoms with Gasteiger partial charge in [0.1, 0.15) is 11.6 Å². The third-order valence-corrected chi connectivity index (χ3v) is 7.16. The van der Waals surface area contributed by atoms with E-state index in [1.54, 1.807) is 60.7 Å². The number of benzene rings is 4. The lowest BCUT2D eigenvalue weighted by atomic mass is 9.49. The second kappa shape index (κ2) is 9.38. The predicted octanol–water partition coefficient (Wildman–Crippen LogP) is 6.81. The van der Waals surface area contributed by atoms with Gasteiger partial charge in [0.25, 0.3) is 0 Å². The van der Waals surface area contributed by atoms with Crippen LogP contribution in [0.1, 0.15) is 66.6 Å². The van der Waals surface area contributed by atoms with Crippen LogP contribution in [0.5, 0.6) is 0 Å². The van der Waals surface area contributed by atoms with Crippen molar-refractivity contribution in [3.8, 4) is 0 Å². The van der Waals surface area contributed by atoms with Crippen LogP contribution in [0.15, 0.2) is 97.1 Å². The van der Waals surface area contributed by atoms with Crippen LogP contribution in [0, 0.1) is 11.6 Å². The van der Waals surface area contributed by atoms with Gasteiger partial charge in [-0.25, -0.2) is 18.4 Å². The van der Waals surface area contributed by atoms with Crippen molar-refractivity contribution >= 4 is 11.9 Å². The van der Waals surface area contributed by atoms with Crippen LogP contribution in [0.4, 0.5) is 8.78 Å². The molecule has 6 heteroatoms. The van der Waals surface area contributed by atoms with Gasteiger partial charge in [0.15, 0.2) is 0 Å². The number of halogens is 2. The molecule has 1 saturated carbocycles. The van der Waals surface area contributed by atoms with Crippen LogP contribution < -0.4 is 0 Å².